The van der Waals surface area contributed by atoms with Crippen molar-refractivity contribution in [2.75, 3.05) is 0 Å². The van der Waals surface area contributed by atoms with Gasteiger partial charge in [0.1, 0.15) is 0 Å². The van der Waals surface area contributed by atoms with E-state index < -0.39 is 21.3 Å². The van der Waals surface area contributed by atoms with Crippen LogP contribution in [0.1, 0.15) is 106 Å². The molecule has 0 unspecified atom stereocenters. The number of ketones is 2. The molecule has 5 aromatic heterocycles. The van der Waals surface area contributed by atoms with E-state index in [-0.39, 0.29) is 83.4 Å². The molecule has 10 nitrogen and oxygen atoms in total. The van der Waals surface area contributed by atoms with Crippen LogP contribution in [0, 0.1) is 52.0 Å². The minimum absolute atomic E-state index is 0. The second-order valence-electron chi connectivity index (χ2n) is 30.2. The van der Waals surface area contributed by atoms with Gasteiger partial charge in [0.2, 0.25) is 0 Å². The summed E-state index contributed by atoms with van der Waals surface area (Å²) in [5.41, 5.74) is 22.2. The van der Waals surface area contributed by atoms with E-state index in [9.17, 15) is 9.59 Å². The fraction of sp³-hybridized carbons (Fsp3) is 0.216. The number of aliphatic hydroxyl groups is 2. The maximum absolute atomic E-state index is 10.0. The zero-order valence-electron chi connectivity index (χ0n) is 67.4. The molecule has 112 heavy (non-hydrogen) atoms. The average molecular weight is 2090 g/mol. The van der Waals surface area contributed by atoms with E-state index >= 15 is 0 Å². The molecule has 3 radical (unpaired) electrons. The van der Waals surface area contributed by atoms with Crippen LogP contribution in [0.4, 0.5) is 0 Å². The molecule has 14 aromatic rings. The van der Waals surface area contributed by atoms with Gasteiger partial charge in [-0.3, -0.25) is 14.6 Å². The monoisotopic (exact) mass is 2090 g/mol. The third-order valence-electron chi connectivity index (χ3n) is 18.2. The Morgan fingerprint density at radius 2 is 1.13 bits per heavy atom. The Morgan fingerprint density at radius 1 is 0.527 bits per heavy atom. The van der Waals surface area contributed by atoms with Gasteiger partial charge in [0.25, 0.3) is 0 Å². The number of carbonyl (C=O) groups is 2. The number of nitrogens with zero attached hydrogens (tertiary/aromatic N) is 6. The van der Waals surface area contributed by atoms with Crippen LogP contribution in [0.15, 0.2) is 261 Å². The number of rotatable bonds is 10. The maximum atomic E-state index is 10.0. The van der Waals surface area contributed by atoms with Gasteiger partial charge in [-0.1, -0.05) is 162 Å². The van der Waals surface area contributed by atoms with Gasteiger partial charge in [-0.15, -0.1) is 136 Å². The van der Waals surface area contributed by atoms with Crippen LogP contribution in [0.5, 0.6) is 0 Å². The molecule has 9 aromatic carbocycles. The van der Waals surface area contributed by atoms with Crippen molar-refractivity contribution in [2.24, 2.45) is 0 Å². The Balaban J connectivity index is 0.000000210. The minimum Gasteiger partial charge on any atom is 0 e. The zero-order chi connectivity index (χ0) is 78.7. The molecule has 581 valence electrons. The second kappa shape index (κ2) is 42.6. The van der Waals surface area contributed by atoms with E-state index in [4.69, 9.17) is 20.2 Å². The second-order valence-corrected chi connectivity index (χ2v) is 45.9. The van der Waals surface area contributed by atoms with E-state index in [1.54, 1.807) is 4.40 Å². The maximum Gasteiger partial charge on any atom is 0 e. The van der Waals surface area contributed by atoms with Gasteiger partial charge in [-0.25, -0.2) is 0 Å². The smallest absolute Gasteiger partial charge is 0 e. The molecular formula is C97H101GeIr3N6O4Si-3. The number of hydrogen-bond donors (Lipinski definition) is 2. The largest absolute Gasteiger partial charge is 0 e. The number of aliphatic hydroxyl groups excluding tert-OH is 2. The molecule has 0 aliphatic carbocycles. The van der Waals surface area contributed by atoms with Crippen LogP contribution in [0.3, 0.4) is 0 Å². The van der Waals surface area contributed by atoms with Gasteiger partial charge in [-0.05, 0) is 121 Å². The minimum atomic E-state index is -1.70. The number of aromatic nitrogens is 6. The number of allylic oxidation sites excluding steroid dienone is 4. The van der Waals surface area contributed by atoms with Gasteiger partial charge in [-0.2, -0.15) is 0 Å². The molecule has 1 aliphatic rings. The molecule has 2 N–H and O–H groups in total. The molecule has 6 heterocycles. The first kappa shape index (κ1) is 91.7. The predicted molar refractivity (Wildman–Crippen MR) is 460 cm³/mol. The normalized spacial score (nSPS) is 11.3. The van der Waals surface area contributed by atoms with Gasteiger partial charge in [0.15, 0.2) is 11.6 Å². The molecular weight excluding hydrogens is 1990 g/mol. The molecule has 0 bridgehead atoms. The summed E-state index contributed by atoms with van der Waals surface area (Å²) in [4.78, 5) is 43.0. The molecule has 0 fully saturated rings. The van der Waals surface area contributed by atoms with Crippen LogP contribution >= 0.6 is 0 Å². The summed E-state index contributed by atoms with van der Waals surface area (Å²) in [6.45, 7) is 31.2. The molecule has 15 rings (SSSR count). The Morgan fingerprint density at radius 3 is 1.72 bits per heavy atom. The SMILES string of the molecule is CC(=O)C=C(C)O.CC(=O)C=C(C)O.C[Si](C)(C)c1cc(-c2[c-]cccc2)ncc1-c1ccccc1.Cc1[c-]c(-c2nccc3c(C(C)C)cc(C(C)C)cc23)cc(C)c1.Cc1cccnc1-c1[c-]cccc1.Cc1cnc2c3[c-]cccc3c3ccccc3c2n1.[CH3][Ge]([CH3])([CH3])[c]1ccc2[n+](c1)Cc1ccccc1-2.[Ir].[Ir].[Ir]. The summed E-state index contributed by atoms with van der Waals surface area (Å²) in [5, 5.41) is 25.3. The van der Waals surface area contributed by atoms with Crippen molar-refractivity contribution in [3.63, 3.8) is 0 Å². The van der Waals surface area contributed by atoms with E-state index in [0.717, 1.165) is 73.4 Å². The summed E-state index contributed by atoms with van der Waals surface area (Å²) >= 11 is -1.70. The van der Waals surface area contributed by atoms with E-state index in [0.29, 0.717) is 11.8 Å². The molecule has 0 spiro atoms. The molecule has 15 heteroatoms. The van der Waals surface area contributed by atoms with Gasteiger partial charge < -0.3 is 30.1 Å². The fourth-order valence-electron chi connectivity index (χ4n) is 13.0. The van der Waals surface area contributed by atoms with Crippen molar-refractivity contribution < 1.29 is 84.7 Å². The van der Waals surface area contributed by atoms with Crippen molar-refractivity contribution in [3.8, 4) is 56.2 Å². The van der Waals surface area contributed by atoms with Crippen LogP contribution in [-0.2, 0) is 76.4 Å². The Labute approximate surface area is 708 Å². The first-order valence-corrected chi connectivity index (χ1v) is 48.0. The Kier molecular flexibility index (Phi) is 34.9. The summed E-state index contributed by atoms with van der Waals surface area (Å²) in [7, 11) is -1.48. The van der Waals surface area contributed by atoms with Crippen LogP contribution < -0.4 is 14.1 Å². The number of aryl methyl sites for hydroxylation is 4. The van der Waals surface area contributed by atoms with Crippen molar-refractivity contribution in [3.05, 3.63) is 324 Å². The standard InChI is InChI=1S/C23H26N.C20H20NSi.C17H11N2.C15H18GeN.C12H10N.2C5H8O2.3Ir/c1-14(2)18-12-21(15(3)4)20-7-8-24-23(22(20)13-18)19-10-16(5)9-17(6)11-19;1-22(2,3)20-14-19(17-12-8-5-9-13-17)21-15-18(20)16-10-6-4-7-11-16;1-11-10-18-16-14-8-4-2-6-12(14)13-7-3-5-9-15(13)17(16)19-11;1-16(2,3)13-8-9-15-14-7-5-4-6-12(14)10-17(15)11-13;1-10-6-5-9-13-12(10)11-7-3-2-4-8-11;2*1-4(6)3-5(2)7;;;/h7-10,12-15H,1-6H3;4-12,14-15H,1-3H3;2-7,9-10H,1H3;4-9,11H,10H2,1-3H3;2-7,9H,1H3;2*3,6H,1-2H3;;;/q3*-1;+1;-1;;;;;. The number of pyridine rings is 4. The molecule has 0 atom stereocenters. The van der Waals surface area contributed by atoms with Gasteiger partial charge >= 0.3 is 105 Å². The predicted octanol–water partition coefficient (Wildman–Crippen LogP) is 22.8. The van der Waals surface area contributed by atoms with Crippen LogP contribution in [0.25, 0.3) is 99.5 Å². The molecule has 0 saturated heterocycles. The van der Waals surface area contributed by atoms with Crippen molar-refractivity contribution in [1.82, 2.24) is 24.9 Å². The quantitative estimate of drug-likeness (QED) is 0.0342. The van der Waals surface area contributed by atoms with Crippen LogP contribution in [0.2, 0.25) is 36.9 Å². The van der Waals surface area contributed by atoms with E-state index in [1.807, 2.05) is 98.4 Å². The Bertz CT molecular complexity index is 5480. The summed E-state index contributed by atoms with van der Waals surface area (Å²) in [6, 6.07) is 84.9. The van der Waals surface area contributed by atoms with E-state index in [1.165, 1.54) is 117 Å². The zero-order valence-corrected chi connectivity index (χ0v) is 77.7. The summed E-state index contributed by atoms with van der Waals surface area (Å²) in [5.74, 6) is 8.21. The van der Waals surface area contributed by atoms with E-state index in [2.05, 4.69) is 275 Å². The molecule has 0 amide bonds. The fourth-order valence-corrected chi connectivity index (χ4v) is 16.9. The average Bonchev–Trinajstić information content (AvgIpc) is 0.876. The van der Waals surface area contributed by atoms with Gasteiger partial charge in [0.05, 0.1) is 30.8 Å². The topological polar surface area (TPSA) is 143 Å². The molecule has 1 aliphatic heterocycles. The van der Waals surface area contributed by atoms with Gasteiger partial charge in [0, 0.05) is 103 Å². The van der Waals surface area contributed by atoms with Crippen LogP contribution in [-0.4, -0.2) is 68.0 Å². The van der Waals surface area contributed by atoms with Crippen molar-refractivity contribution >= 4 is 85.8 Å². The number of benzene rings is 9. The summed E-state index contributed by atoms with van der Waals surface area (Å²) < 4.78 is 4.00. The number of fused-ring (bicyclic) bond motifs is 10. The molecule has 0 saturated carbocycles. The first-order valence-electron chi connectivity index (χ1n) is 37.1. The van der Waals surface area contributed by atoms with Crippen molar-refractivity contribution in [1.29, 1.82) is 0 Å². The third kappa shape index (κ3) is 25.2. The summed E-state index contributed by atoms with van der Waals surface area (Å²) in [6.07, 6.45) is 12.3. The van der Waals surface area contributed by atoms with Crippen molar-refractivity contribution in [2.45, 2.75) is 138 Å². The number of hydrogen-bond acceptors (Lipinski definition) is 9. The first-order chi connectivity index (χ1) is 51.9. The third-order valence-corrected chi connectivity index (χ3v) is 24.5. The number of carbonyl (C=O) groups excluding carboxylic acids is 2. The Hall–Kier alpha value is -9.17.